The third kappa shape index (κ3) is 4.21. The molecule has 0 saturated carbocycles. The number of carbonyl (C=O) groups is 1. The Labute approximate surface area is 126 Å². The van der Waals surface area contributed by atoms with E-state index >= 15 is 0 Å². The van der Waals surface area contributed by atoms with Gasteiger partial charge in [-0.15, -0.1) is 0 Å². The van der Waals surface area contributed by atoms with E-state index in [1.165, 1.54) is 4.90 Å². The van der Waals surface area contributed by atoms with Crippen molar-refractivity contribution in [1.29, 1.82) is 0 Å². The van der Waals surface area contributed by atoms with E-state index in [1.54, 1.807) is 7.05 Å². The Balaban J connectivity index is 1.94. The smallest absolute Gasteiger partial charge is 0.253 e. The van der Waals surface area contributed by atoms with Gasteiger partial charge in [0.2, 0.25) is 5.91 Å². The molecule has 0 aromatic carbocycles. The van der Waals surface area contributed by atoms with E-state index in [1.807, 2.05) is 0 Å². The average Bonchev–Trinajstić information content (AvgIpc) is 2.74. The number of hydrogen-bond donors (Lipinski definition) is 2. The van der Waals surface area contributed by atoms with Gasteiger partial charge in [0.25, 0.3) is 5.56 Å². The zero-order valence-electron chi connectivity index (χ0n) is 11.4. The molecule has 10 heteroatoms. The summed E-state index contributed by atoms with van der Waals surface area (Å²) in [4.78, 5) is 31.1. The fraction of sp³-hybridized carbons (Fsp3) is 0.545. The van der Waals surface area contributed by atoms with Crippen LogP contribution < -0.4 is 11.3 Å². The van der Waals surface area contributed by atoms with Gasteiger partial charge in [0.05, 0.1) is 17.3 Å². The lowest BCUT2D eigenvalue weighted by atomic mass is 10.2. The van der Waals surface area contributed by atoms with Crippen LogP contribution in [0.2, 0.25) is 0 Å². The Morgan fingerprint density at radius 1 is 1.62 bits per heavy atom. The van der Waals surface area contributed by atoms with Crippen LogP contribution in [0.3, 0.4) is 0 Å². The summed E-state index contributed by atoms with van der Waals surface area (Å²) < 4.78 is 22.8. The lowest BCUT2D eigenvalue weighted by Gasteiger charge is -2.23. The molecule has 3 N–H and O–H groups in total. The van der Waals surface area contributed by atoms with Gasteiger partial charge in [-0.3, -0.25) is 9.59 Å². The van der Waals surface area contributed by atoms with E-state index in [0.717, 1.165) is 17.8 Å². The first-order valence-electron chi connectivity index (χ1n) is 6.22. The van der Waals surface area contributed by atoms with Crippen molar-refractivity contribution in [1.82, 2.24) is 14.9 Å². The third-order valence-electron chi connectivity index (χ3n) is 3.22. The molecular formula is C11H16N4O4S2. The summed E-state index contributed by atoms with van der Waals surface area (Å²) in [6, 6.07) is 0.873. The van der Waals surface area contributed by atoms with Gasteiger partial charge < -0.3 is 15.6 Å². The topological polar surface area (TPSA) is 126 Å². The number of nitrogens with two attached hydrogens (primary N) is 1. The highest BCUT2D eigenvalue weighted by Gasteiger charge is 2.32. The van der Waals surface area contributed by atoms with Crippen LogP contribution in [0.1, 0.15) is 6.42 Å². The number of amides is 1. The van der Waals surface area contributed by atoms with Crippen molar-refractivity contribution in [2.24, 2.45) is 0 Å². The number of sulfone groups is 1. The van der Waals surface area contributed by atoms with Crippen molar-refractivity contribution < 1.29 is 13.2 Å². The number of nitrogens with zero attached hydrogens (tertiary/aromatic N) is 2. The fourth-order valence-electron chi connectivity index (χ4n) is 2.04. The number of aromatic nitrogens is 2. The summed E-state index contributed by atoms with van der Waals surface area (Å²) in [5, 5.41) is 0.265. The molecule has 21 heavy (non-hydrogen) atoms. The minimum absolute atomic E-state index is 0.00722. The van der Waals surface area contributed by atoms with Crippen molar-refractivity contribution in [2.45, 2.75) is 17.6 Å². The highest BCUT2D eigenvalue weighted by Crippen LogP contribution is 2.19. The average molecular weight is 332 g/mol. The summed E-state index contributed by atoms with van der Waals surface area (Å²) in [5.74, 6) is 0.0512. The van der Waals surface area contributed by atoms with Crippen LogP contribution in [0.5, 0.6) is 0 Å². The van der Waals surface area contributed by atoms with Gasteiger partial charge in [0, 0.05) is 19.2 Å². The van der Waals surface area contributed by atoms with Crippen LogP contribution in [-0.4, -0.2) is 59.5 Å². The van der Waals surface area contributed by atoms with E-state index in [9.17, 15) is 18.0 Å². The maximum absolute atomic E-state index is 12.0. The van der Waals surface area contributed by atoms with Crippen molar-refractivity contribution in [2.75, 3.05) is 30.0 Å². The molecule has 116 valence electrons. The number of H-pyrrole nitrogens is 1. The second-order valence-electron chi connectivity index (χ2n) is 4.83. The Bertz CT molecular complexity index is 700. The molecule has 1 amide bonds. The normalized spacial score (nSPS) is 20.3. The number of carbonyl (C=O) groups excluding carboxylic acids is 1. The molecule has 1 aliphatic rings. The number of hydrogen-bond acceptors (Lipinski definition) is 7. The van der Waals surface area contributed by atoms with Crippen molar-refractivity contribution >= 4 is 33.3 Å². The molecule has 0 bridgehead atoms. The van der Waals surface area contributed by atoms with E-state index in [4.69, 9.17) is 5.73 Å². The molecular weight excluding hydrogens is 316 g/mol. The maximum Gasteiger partial charge on any atom is 0.253 e. The Hall–Kier alpha value is -1.55. The van der Waals surface area contributed by atoms with Crippen LogP contribution >= 0.6 is 11.8 Å². The van der Waals surface area contributed by atoms with Crippen molar-refractivity contribution in [3.8, 4) is 0 Å². The van der Waals surface area contributed by atoms with E-state index in [-0.39, 0.29) is 45.7 Å². The van der Waals surface area contributed by atoms with Gasteiger partial charge in [-0.25, -0.2) is 13.4 Å². The summed E-state index contributed by atoms with van der Waals surface area (Å²) in [5.41, 5.74) is 5.07. The first-order chi connectivity index (χ1) is 9.77. The van der Waals surface area contributed by atoms with Crippen LogP contribution in [0.15, 0.2) is 16.0 Å². The number of nitrogens with one attached hydrogen (secondary N) is 1. The van der Waals surface area contributed by atoms with E-state index in [2.05, 4.69) is 9.97 Å². The molecule has 0 aliphatic carbocycles. The lowest BCUT2D eigenvalue weighted by molar-refractivity contribution is -0.128. The molecule has 1 aromatic rings. The standard InChI is InChI=1S/C11H16N4O4S2/c1-15(7-2-3-21(18,19)6-7)10(17)5-20-11-13-8(12)4-9(16)14-11/h4,7H,2-3,5-6H2,1H3,(H3,12,13,14,16). The molecule has 1 unspecified atom stereocenters. The predicted molar refractivity (Wildman–Crippen MR) is 79.8 cm³/mol. The Morgan fingerprint density at radius 3 is 2.90 bits per heavy atom. The van der Waals surface area contributed by atoms with Crippen LogP contribution in [0.25, 0.3) is 0 Å². The Kier molecular flexibility index (Phi) is 4.57. The Morgan fingerprint density at radius 2 is 2.33 bits per heavy atom. The van der Waals surface area contributed by atoms with E-state index < -0.39 is 9.84 Å². The minimum atomic E-state index is -3.03. The second-order valence-corrected chi connectivity index (χ2v) is 8.02. The zero-order valence-corrected chi connectivity index (χ0v) is 13.0. The predicted octanol–water partition coefficient (Wildman–Crippen LogP) is -0.910. The quantitative estimate of drug-likeness (QED) is 0.540. The molecule has 1 aliphatic heterocycles. The van der Waals surface area contributed by atoms with Gasteiger partial charge in [-0.05, 0) is 6.42 Å². The molecule has 1 saturated heterocycles. The second kappa shape index (κ2) is 6.06. The number of thioether (sulfide) groups is 1. The summed E-state index contributed by atoms with van der Waals surface area (Å²) in [6.45, 7) is 0. The zero-order chi connectivity index (χ0) is 15.6. The lowest BCUT2D eigenvalue weighted by Crippen LogP contribution is -2.38. The van der Waals surface area contributed by atoms with Gasteiger partial charge in [-0.2, -0.15) is 0 Å². The summed E-state index contributed by atoms with van der Waals surface area (Å²) in [6.07, 6.45) is 0.461. The monoisotopic (exact) mass is 332 g/mol. The molecule has 8 nitrogen and oxygen atoms in total. The van der Waals surface area contributed by atoms with Gasteiger partial charge in [0.15, 0.2) is 15.0 Å². The number of anilines is 1. The molecule has 1 aromatic heterocycles. The van der Waals surface area contributed by atoms with Crippen LogP contribution in [0.4, 0.5) is 5.82 Å². The SMILES string of the molecule is CN(C(=O)CSc1nc(N)cc(=O)[nH]1)C1CCS(=O)(=O)C1. The number of aromatic amines is 1. The highest BCUT2D eigenvalue weighted by molar-refractivity contribution is 7.99. The maximum atomic E-state index is 12.0. The molecule has 0 spiro atoms. The third-order valence-corrected chi connectivity index (χ3v) is 5.83. The first kappa shape index (κ1) is 15.8. The summed E-state index contributed by atoms with van der Waals surface area (Å²) in [7, 11) is -1.44. The van der Waals surface area contributed by atoms with Crippen LogP contribution in [-0.2, 0) is 14.6 Å². The first-order valence-corrected chi connectivity index (χ1v) is 9.03. The summed E-state index contributed by atoms with van der Waals surface area (Å²) >= 11 is 1.06. The molecule has 2 rings (SSSR count). The van der Waals surface area contributed by atoms with Gasteiger partial charge >= 0.3 is 0 Å². The fourth-order valence-corrected chi connectivity index (χ4v) is 4.62. The van der Waals surface area contributed by atoms with Crippen molar-refractivity contribution in [3.05, 3.63) is 16.4 Å². The molecule has 1 atom stereocenters. The molecule has 0 radical (unpaired) electrons. The molecule has 1 fully saturated rings. The van der Waals surface area contributed by atoms with Crippen molar-refractivity contribution in [3.63, 3.8) is 0 Å². The van der Waals surface area contributed by atoms with E-state index in [0.29, 0.717) is 6.42 Å². The van der Waals surface area contributed by atoms with Crippen LogP contribution in [0, 0.1) is 0 Å². The van der Waals surface area contributed by atoms with Gasteiger partial charge in [-0.1, -0.05) is 11.8 Å². The number of rotatable bonds is 4. The minimum Gasteiger partial charge on any atom is -0.383 e. The number of nitrogen functional groups attached to an aromatic ring is 1. The van der Waals surface area contributed by atoms with Gasteiger partial charge in [0.1, 0.15) is 5.82 Å². The molecule has 2 heterocycles. The largest absolute Gasteiger partial charge is 0.383 e. The highest BCUT2D eigenvalue weighted by atomic mass is 32.2.